The van der Waals surface area contributed by atoms with E-state index in [1.165, 1.54) is 19.4 Å². The van der Waals surface area contributed by atoms with E-state index in [1.807, 2.05) is 0 Å². The normalized spacial score (nSPS) is 10.7. The molecule has 0 aliphatic heterocycles. The highest BCUT2D eigenvalue weighted by Gasteiger charge is 2.22. The number of nitrogens with zero attached hydrogens (tertiary/aromatic N) is 2. The number of aromatic nitrogens is 1. The molecule has 0 saturated carbocycles. The molecule has 0 saturated heterocycles. The van der Waals surface area contributed by atoms with E-state index in [1.54, 1.807) is 24.3 Å². The van der Waals surface area contributed by atoms with E-state index in [9.17, 15) is 4.39 Å². The number of rotatable bonds is 4. The minimum absolute atomic E-state index is 0.0486. The molecule has 0 unspecified atom stereocenters. The van der Waals surface area contributed by atoms with Crippen molar-refractivity contribution in [1.82, 2.24) is 4.98 Å². The quantitative estimate of drug-likeness (QED) is 0.250. The van der Waals surface area contributed by atoms with Crippen LogP contribution in [0.2, 0.25) is 15.2 Å². The lowest BCUT2D eigenvalue weighted by Crippen LogP contribution is -2.27. The fourth-order valence-corrected chi connectivity index (χ4v) is 3.40. The summed E-state index contributed by atoms with van der Waals surface area (Å²) in [5, 5.41) is 1.75. The van der Waals surface area contributed by atoms with Gasteiger partial charge in [0.1, 0.15) is 16.6 Å². The molecule has 1 aromatic heterocycles. The highest BCUT2D eigenvalue weighted by Crippen LogP contribution is 2.43. The zero-order chi connectivity index (χ0) is 19.7. The summed E-state index contributed by atoms with van der Waals surface area (Å²) in [5.74, 6) is 6.09. The van der Waals surface area contributed by atoms with Gasteiger partial charge in [0.2, 0.25) is 0 Å². The van der Waals surface area contributed by atoms with E-state index in [4.69, 9.17) is 51.1 Å². The molecule has 0 radical (unpaired) electrons. The van der Waals surface area contributed by atoms with E-state index in [0.717, 1.165) is 11.1 Å². The average molecular weight is 428 g/mol. The van der Waals surface area contributed by atoms with Crippen LogP contribution in [-0.4, -0.2) is 12.1 Å². The van der Waals surface area contributed by atoms with Gasteiger partial charge in [0.15, 0.2) is 5.82 Å². The number of anilines is 3. The van der Waals surface area contributed by atoms with Gasteiger partial charge >= 0.3 is 0 Å². The minimum atomic E-state index is -0.679. The highest BCUT2D eigenvalue weighted by atomic mass is 35.5. The first kappa shape index (κ1) is 19.5. The predicted molar refractivity (Wildman–Crippen MR) is 108 cm³/mol. The molecule has 0 aliphatic carbocycles. The topological polar surface area (TPSA) is 77.4 Å². The fourth-order valence-electron chi connectivity index (χ4n) is 2.66. The van der Waals surface area contributed by atoms with E-state index in [-0.39, 0.29) is 21.6 Å². The molecule has 0 amide bonds. The number of halogens is 4. The Kier molecular flexibility index (Phi) is 5.62. The first-order valence-corrected chi connectivity index (χ1v) is 8.74. The standard InChI is InChI=1S/C18H14Cl3FN4O/c1-27-10-2-3-11(12(20)8-10)16-15(4-5-25-18(16)21)26(24)17-13(22)6-9(19)7-14(17)23/h2-8H,23-24H2,1H3. The van der Waals surface area contributed by atoms with Crippen molar-refractivity contribution in [3.8, 4) is 16.9 Å². The Morgan fingerprint density at radius 3 is 2.48 bits per heavy atom. The van der Waals surface area contributed by atoms with Gasteiger partial charge in [-0.2, -0.15) is 0 Å². The molecular weight excluding hydrogens is 414 g/mol. The maximum atomic E-state index is 14.5. The van der Waals surface area contributed by atoms with E-state index >= 15 is 0 Å². The number of ether oxygens (including phenoxy) is 1. The lowest BCUT2D eigenvalue weighted by molar-refractivity contribution is 0.415. The van der Waals surface area contributed by atoms with Crippen LogP contribution in [0, 0.1) is 5.82 Å². The molecule has 1 heterocycles. The number of methoxy groups -OCH3 is 1. The fraction of sp³-hybridized carbons (Fsp3) is 0.0556. The summed E-state index contributed by atoms with van der Waals surface area (Å²) in [4.78, 5) is 4.08. The molecule has 27 heavy (non-hydrogen) atoms. The van der Waals surface area contributed by atoms with Crippen LogP contribution in [0.5, 0.6) is 5.75 Å². The number of nitrogens with two attached hydrogens (primary N) is 2. The monoisotopic (exact) mass is 426 g/mol. The summed E-state index contributed by atoms with van der Waals surface area (Å²) in [7, 11) is 1.53. The average Bonchev–Trinajstić information content (AvgIpc) is 2.61. The van der Waals surface area contributed by atoms with Gasteiger partial charge in [-0.15, -0.1) is 0 Å². The number of nitrogen functional groups attached to an aromatic ring is 1. The Hall–Kier alpha value is -2.25. The van der Waals surface area contributed by atoms with Crippen molar-refractivity contribution in [2.24, 2.45) is 5.84 Å². The Labute approximate surface area is 170 Å². The molecule has 2 aromatic carbocycles. The van der Waals surface area contributed by atoms with Gasteiger partial charge in [0.25, 0.3) is 0 Å². The molecule has 0 bridgehead atoms. The van der Waals surface area contributed by atoms with E-state index < -0.39 is 5.82 Å². The van der Waals surface area contributed by atoms with Crippen molar-refractivity contribution in [3.63, 3.8) is 0 Å². The number of hydrazine groups is 1. The Bertz CT molecular complexity index is 993. The van der Waals surface area contributed by atoms with Crippen molar-refractivity contribution in [2.75, 3.05) is 17.9 Å². The zero-order valence-electron chi connectivity index (χ0n) is 14.0. The molecule has 0 fully saturated rings. The summed E-state index contributed by atoms with van der Waals surface area (Å²) in [6.07, 6.45) is 1.45. The second-order valence-electron chi connectivity index (χ2n) is 5.54. The third-order valence-corrected chi connectivity index (χ3v) is 4.70. The first-order valence-electron chi connectivity index (χ1n) is 7.61. The van der Waals surface area contributed by atoms with E-state index in [2.05, 4.69) is 4.98 Å². The summed E-state index contributed by atoms with van der Waals surface area (Å²) in [6.45, 7) is 0. The second-order valence-corrected chi connectivity index (χ2v) is 6.74. The third-order valence-electron chi connectivity index (χ3n) is 3.89. The summed E-state index contributed by atoms with van der Waals surface area (Å²) < 4.78 is 19.6. The molecule has 4 N–H and O–H groups in total. The SMILES string of the molecule is COc1ccc(-c2c(N(N)c3c(N)cc(Cl)cc3F)ccnc2Cl)c(Cl)c1. The van der Waals surface area contributed by atoms with Crippen LogP contribution >= 0.6 is 34.8 Å². The molecule has 0 aliphatic rings. The van der Waals surface area contributed by atoms with Gasteiger partial charge in [-0.3, -0.25) is 5.01 Å². The second kappa shape index (κ2) is 7.78. The Balaban J connectivity index is 2.20. The van der Waals surface area contributed by atoms with Gasteiger partial charge in [-0.05, 0) is 36.4 Å². The number of benzene rings is 2. The zero-order valence-corrected chi connectivity index (χ0v) is 16.3. The third kappa shape index (κ3) is 3.75. The molecule has 5 nitrogen and oxygen atoms in total. The van der Waals surface area contributed by atoms with Crippen LogP contribution in [0.3, 0.4) is 0 Å². The first-order chi connectivity index (χ1) is 12.8. The molecule has 9 heteroatoms. The molecule has 3 aromatic rings. The van der Waals surface area contributed by atoms with Gasteiger partial charge in [0, 0.05) is 22.3 Å². The minimum Gasteiger partial charge on any atom is -0.497 e. The van der Waals surface area contributed by atoms with Crippen molar-refractivity contribution in [3.05, 3.63) is 63.6 Å². The van der Waals surface area contributed by atoms with Crippen molar-refractivity contribution in [1.29, 1.82) is 0 Å². The molecule has 0 spiro atoms. The lowest BCUT2D eigenvalue weighted by atomic mass is 10.0. The van der Waals surface area contributed by atoms with Crippen molar-refractivity contribution < 1.29 is 9.13 Å². The number of hydrogen-bond acceptors (Lipinski definition) is 5. The number of hydrogen-bond donors (Lipinski definition) is 2. The highest BCUT2D eigenvalue weighted by molar-refractivity contribution is 6.36. The van der Waals surface area contributed by atoms with Crippen molar-refractivity contribution >= 4 is 51.9 Å². The smallest absolute Gasteiger partial charge is 0.151 e. The molecule has 0 atom stereocenters. The Morgan fingerprint density at radius 1 is 1.11 bits per heavy atom. The van der Waals surface area contributed by atoms with Crippen LogP contribution in [0.1, 0.15) is 0 Å². The summed E-state index contributed by atoms with van der Waals surface area (Å²) in [5.41, 5.74) is 7.27. The molecule has 3 rings (SSSR count). The van der Waals surface area contributed by atoms with Crippen LogP contribution in [0.25, 0.3) is 11.1 Å². The van der Waals surface area contributed by atoms with Gasteiger partial charge in [-0.1, -0.05) is 34.8 Å². The predicted octanol–water partition coefficient (Wildman–Crippen LogP) is 5.45. The summed E-state index contributed by atoms with van der Waals surface area (Å²) >= 11 is 18.5. The van der Waals surface area contributed by atoms with E-state index in [0.29, 0.717) is 27.6 Å². The summed E-state index contributed by atoms with van der Waals surface area (Å²) in [6, 6.07) is 9.16. The van der Waals surface area contributed by atoms with Crippen LogP contribution < -0.4 is 21.3 Å². The lowest BCUT2D eigenvalue weighted by Gasteiger charge is -2.24. The van der Waals surface area contributed by atoms with Gasteiger partial charge in [-0.25, -0.2) is 15.2 Å². The van der Waals surface area contributed by atoms with Gasteiger partial charge < -0.3 is 10.5 Å². The molecular formula is C18H14Cl3FN4O. The van der Waals surface area contributed by atoms with Gasteiger partial charge in [0.05, 0.1) is 23.5 Å². The largest absolute Gasteiger partial charge is 0.497 e. The number of pyridine rings is 1. The van der Waals surface area contributed by atoms with Crippen LogP contribution in [0.15, 0.2) is 42.6 Å². The van der Waals surface area contributed by atoms with Crippen LogP contribution in [0.4, 0.5) is 21.5 Å². The maximum Gasteiger partial charge on any atom is 0.151 e. The van der Waals surface area contributed by atoms with Crippen molar-refractivity contribution in [2.45, 2.75) is 0 Å². The molecule has 140 valence electrons. The van der Waals surface area contributed by atoms with Crippen LogP contribution in [-0.2, 0) is 0 Å². The maximum absolute atomic E-state index is 14.5. The Morgan fingerprint density at radius 2 is 1.85 bits per heavy atom.